The van der Waals surface area contributed by atoms with Gasteiger partial charge in [-0.05, 0) is 54.7 Å². The van der Waals surface area contributed by atoms with Gasteiger partial charge in [-0.25, -0.2) is 0 Å². The number of para-hydroxylation sites is 1. The van der Waals surface area contributed by atoms with E-state index in [4.69, 9.17) is 9.47 Å². The highest BCUT2D eigenvalue weighted by Gasteiger charge is 2.18. The summed E-state index contributed by atoms with van der Waals surface area (Å²) in [7, 11) is 5.17. The van der Waals surface area contributed by atoms with Crippen molar-refractivity contribution >= 4 is 11.6 Å². The summed E-state index contributed by atoms with van der Waals surface area (Å²) >= 11 is 0. The van der Waals surface area contributed by atoms with Crippen molar-refractivity contribution < 1.29 is 14.3 Å². The number of hydrogen-bond acceptors (Lipinski definition) is 4. The lowest BCUT2D eigenvalue weighted by molar-refractivity contribution is -0.130. The van der Waals surface area contributed by atoms with Gasteiger partial charge in [-0.15, -0.1) is 0 Å². The zero-order valence-electron chi connectivity index (χ0n) is 17.1. The van der Waals surface area contributed by atoms with Crippen LogP contribution in [0.1, 0.15) is 30.4 Å². The van der Waals surface area contributed by atoms with Crippen LogP contribution in [0.4, 0.5) is 5.69 Å². The molecule has 1 aliphatic rings. The average molecular weight is 383 g/mol. The smallest absolute Gasteiger partial charge is 0.222 e. The molecule has 0 aromatic heterocycles. The van der Waals surface area contributed by atoms with Gasteiger partial charge >= 0.3 is 0 Å². The molecule has 0 N–H and O–H groups in total. The van der Waals surface area contributed by atoms with E-state index in [1.54, 1.807) is 14.2 Å². The van der Waals surface area contributed by atoms with Gasteiger partial charge in [0.05, 0.1) is 14.2 Å². The summed E-state index contributed by atoms with van der Waals surface area (Å²) in [5.74, 6) is 1.69. The molecule has 3 rings (SSSR count). The largest absolute Gasteiger partial charge is 0.497 e. The molecule has 0 saturated carbocycles. The second-order valence-electron chi connectivity index (χ2n) is 7.25. The molecule has 0 aliphatic carbocycles. The highest BCUT2D eigenvalue weighted by atomic mass is 16.5. The molecule has 28 heavy (non-hydrogen) atoms. The second-order valence-corrected chi connectivity index (χ2v) is 7.25. The summed E-state index contributed by atoms with van der Waals surface area (Å²) in [5, 5.41) is 0. The molecule has 1 heterocycles. The minimum Gasteiger partial charge on any atom is -0.497 e. The molecule has 1 amide bonds. The van der Waals surface area contributed by atoms with Gasteiger partial charge in [0.1, 0.15) is 11.5 Å². The fourth-order valence-electron chi connectivity index (χ4n) is 3.76. The maximum atomic E-state index is 12.7. The Morgan fingerprint density at radius 1 is 1.04 bits per heavy atom. The Labute approximate surface area is 167 Å². The summed E-state index contributed by atoms with van der Waals surface area (Å²) in [6, 6.07) is 14.1. The Morgan fingerprint density at radius 2 is 1.79 bits per heavy atom. The Balaban J connectivity index is 1.63. The van der Waals surface area contributed by atoms with Gasteiger partial charge < -0.3 is 19.3 Å². The van der Waals surface area contributed by atoms with E-state index >= 15 is 0 Å². The first-order valence-corrected chi connectivity index (χ1v) is 9.90. The van der Waals surface area contributed by atoms with Crippen molar-refractivity contribution in [1.29, 1.82) is 0 Å². The quantitative estimate of drug-likeness (QED) is 0.695. The summed E-state index contributed by atoms with van der Waals surface area (Å²) in [4.78, 5) is 17.0. The van der Waals surface area contributed by atoms with Crippen molar-refractivity contribution in [1.82, 2.24) is 4.90 Å². The number of anilines is 1. The molecule has 0 radical (unpaired) electrons. The van der Waals surface area contributed by atoms with Gasteiger partial charge in [-0.3, -0.25) is 4.79 Å². The summed E-state index contributed by atoms with van der Waals surface area (Å²) in [6.45, 7) is 2.83. The minimum absolute atomic E-state index is 0.126. The monoisotopic (exact) mass is 382 g/mol. The lowest BCUT2D eigenvalue weighted by Gasteiger charge is -2.24. The predicted molar refractivity (Wildman–Crippen MR) is 112 cm³/mol. The number of rotatable bonds is 8. The Hall–Kier alpha value is -2.69. The minimum atomic E-state index is 0.126. The summed E-state index contributed by atoms with van der Waals surface area (Å²) in [5.41, 5.74) is 3.45. The first-order chi connectivity index (χ1) is 13.6. The van der Waals surface area contributed by atoms with Crippen molar-refractivity contribution in [3.63, 3.8) is 0 Å². The molecule has 150 valence electrons. The van der Waals surface area contributed by atoms with Crippen LogP contribution in [-0.2, 0) is 17.8 Å². The lowest BCUT2D eigenvalue weighted by Crippen LogP contribution is -2.28. The number of nitrogens with zero attached hydrogens (tertiary/aromatic N) is 2. The van der Waals surface area contributed by atoms with E-state index < -0.39 is 0 Å². The molecule has 5 heteroatoms. The van der Waals surface area contributed by atoms with Crippen LogP contribution in [-0.4, -0.2) is 45.2 Å². The fourth-order valence-corrected chi connectivity index (χ4v) is 3.76. The van der Waals surface area contributed by atoms with Crippen molar-refractivity contribution in [3.8, 4) is 11.5 Å². The summed E-state index contributed by atoms with van der Waals surface area (Å²) < 4.78 is 10.7. The number of ether oxygens (including phenoxy) is 2. The normalized spacial score (nSPS) is 13.5. The van der Waals surface area contributed by atoms with Gasteiger partial charge in [-0.2, -0.15) is 0 Å². The van der Waals surface area contributed by atoms with Crippen molar-refractivity contribution in [3.05, 3.63) is 53.6 Å². The maximum Gasteiger partial charge on any atom is 0.222 e. The first-order valence-electron chi connectivity index (χ1n) is 9.90. The molecule has 2 aromatic rings. The summed E-state index contributed by atoms with van der Waals surface area (Å²) in [6.07, 6.45) is 3.54. The van der Waals surface area contributed by atoms with Crippen LogP contribution >= 0.6 is 0 Å². The molecule has 1 fully saturated rings. The molecule has 2 aromatic carbocycles. The first kappa shape index (κ1) is 20.1. The third kappa shape index (κ3) is 4.77. The highest BCUT2D eigenvalue weighted by Crippen LogP contribution is 2.27. The van der Waals surface area contributed by atoms with Crippen LogP contribution in [0, 0.1) is 0 Å². The Bertz CT molecular complexity index is 800. The standard InChI is InChI=1S/C23H30N2O3/c1-24(17-19-8-4-5-9-21(19)25-14-6-7-15-25)23(26)13-10-18-16-20(27-2)11-12-22(18)28-3/h4-5,8-9,11-12,16H,6-7,10,13-15,17H2,1-3H3. The van der Waals surface area contributed by atoms with Crippen LogP contribution in [0.15, 0.2) is 42.5 Å². The molecular formula is C23H30N2O3. The van der Waals surface area contributed by atoms with Crippen molar-refractivity contribution in [2.75, 3.05) is 39.3 Å². The van der Waals surface area contributed by atoms with Crippen LogP contribution in [0.3, 0.4) is 0 Å². The highest BCUT2D eigenvalue weighted by molar-refractivity contribution is 5.76. The molecule has 1 aliphatic heterocycles. The van der Waals surface area contributed by atoms with E-state index in [0.717, 1.165) is 30.2 Å². The van der Waals surface area contributed by atoms with Gasteiger partial charge in [0.2, 0.25) is 5.91 Å². The topological polar surface area (TPSA) is 42.0 Å². The third-order valence-corrected chi connectivity index (χ3v) is 5.37. The third-order valence-electron chi connectivity index (χ3n) is 5.37. The van der Waals surface area contributed by atoms with Gasteiger partial charge in [0.15, 0.2) is 0 Å². The maximum absolute atomic E-state index is 12.7. The molecule has 0 spiro atoms. The predicted octanol–water partition coefficient (Wildman–Crippen LogP) is 3.90. The number of methoxy groups -OCH3 is 2. The zero-order chi connectivity index (χ0) is 19.9. The van der Waals surface area contributed by atoms with E-state index in [1.165, 1.54) is 24.1 Å². The van der Waals surface area contributed by atoms with Crippen molar-refractivity contribution in [2.24, 2.45) is 0 Å². The van der Waals surface area contributed by atoms with E-state index in [1.807, 2.05) is 36.2 Å². The van der Waals surface area contributed by atoms with Crippen LogP contribution in [0.2, 0.25) is 0 Å². The van der Waals surface area contributed by atoms with E-state index in [0.29, 0.717) is 19.4 Å². The molecular weight excluding hydrogens is 352 g/mol. The van der Waals surface area contributed by atoms with E-state index in [9.17, 15) is 4.79 Å². The van der Waals surface area contributed by atoms with Crippen molar-refractivity contribution in [2.45, 2.75) is 32.2 Å². The zero-order valence-corrected chi connectivity index (χ0v) is 17.1. The number of carbonyl (C=O) groups is 1. The van der Waals surface area contributed by atoms with Gasteiger partial charge in [0, 0.05) is 38.8 Å². The Morgan fingerprint density at radius 3 is 2.50 bits per heavy atom. The molecule has 0 unspecified atom stereocenters. The second kappa shape index (κ2) is 9.49. The van der Waals surface area contributed by atoms with E-state index in [2.05, 4.69) is 23.1 Å². The van der Waals surface area contributed by atoms with Gasteiger partial charge in [0.25, 0.3) is 0 Å². The average Bonchev–Trinajstić information content (AvgIpc) is 3.26. The van der Waals surface area contributed by atoms with Crippen LogP contribution in [0.25, 0.3) is 0 Å². The van der Waals surface area contributed by atoms with E-state index in [-0.39, 0.29) is 5.91 Å². The van der Waals surface area contributed by atoms with Gasteiger partial charge in [-0.1, -0.05) is 18.2 Å². The number of aryl methyl sites for hydroxylation is 1. The molecule has 0 atom stereocenters. The molecule has 0 bridgehead atoms. The Kier molecular flexibility index (Phi) is 6.80. The fraction of sp³-hybridized carbons (Fsp3) is 0.435. The molecule has 5 nitrogen and oxygen atoms in total. The SMILES string of the molecule is COc1ccc(OC)c(CCC(=O)N(C)Cc2ccccc2N2CCCC2)c1. The van der Waals surface area contributed by atoms with Crippen LogP contribution in [0.5, 0.6) is 11.5 Å². The number of amides is 1. The van der Waals surface area contributed by atoms with Crippen LogP contribution < -0.4 is 14.4 Å². The number of benzene rings is 2. The lowest BCUT2D eigenvalue weighted by atomic mass is 10.1. The molecule has 1 saturated heterocycles. The number of carbonyl (C=O) groups excluding carboxylic acids is 1. The number of hydrogen-bond donors (Lipinski definition) is 0.